The molecule has 0 aliphatic carbocycles. The molecule has 0 unspecified atom stereocenters. The number of benzene rings is 1. The van der Waals surface area contributed by atoms with Crippen LogP contribution in [0, 0.1) is 11.2 Å². The average molecular weight is 503 g/mol. The minimum Gasteiger partial charge on any atom is -0.444 e. The van der Waals surface area contributed by atoms with Crippen LogP contribution in [-0.4, -0.2) is 87.7 Å². The van der Waals surface area contributed by atoms with Crippen molar-refractivity contribution in [3.05, 3.63) is 42.0 Å². The maximum absolute atomic E-state index is 15.1. The summed E-state index contributed by atoms with van der Waals surface area (Å²) < 4.78 is 30.7. The summed E-state index contributed by atoms with van der Waals surface area (Å²) in [5.41, 5.74) is 6.71. The Balaban J connectivity index is 1.27. The molecular weight excluding hydrogens is 471 g/mol. The number of hydrogen-bond donors (Lipinski definition) is 3. The molecular formula is C23H31FN8O4. The van der Waals surface area contributed by atoms with Crippen LogP contribution in [-0.2, 0) is 20.8 Å². The SMILES string of the molecule is COCCOC1CN(c2ncc(N3CCN(c4cccc(COC(=O)NC(=N)N)c4F)CC3)cn2)C1. The lowest BCUT2D eigenvalue weighted by Gasteiger charge is -2.39. The highest BCUT2D eigenvalue weighted by Crippen LogP contribution is 2.26. The van der Waals surface area contributed by atoms with Crippen LogP contribution in [0.25, 0.3) is 0 Å². The number of carbonyl (C=O) groups excluding carboxylic acids is 1. The molecule has 1 aromatic carbocycles. The van der Waals surface area contributed by atoms with Gasteiger partial charge in [-0.2, -0.15) is 0 Å². The van der Waals surface area contributed by atoms with Gasteiger partial charge in [0.2, 0.25) is 5.95 Å². The number of methoxy groups -OCH3 is 1. The normalized spacial score (nSPS) is 16.0. The lowest BCUT2D eigenvalue weighted by molar-refractivity contribution is 0.00350. The average Bonchev–Trinajstić information content (AvgIpc) is 2.85. The van der Waals surface area contributed by atoms with E-state index in [9.17, 15) is 4.79 Å². The maximum Gasteiger partial charge on any atom is 0.414 e. The van der Waals surface area contributed by atoms with Gasteiger partial charge < -0.3 is 34.6 Å². The molecule has 0 saturated carbocycles. The summed E-state index contributed by atoms with van der Waals surface area (Å²) >= 11 is 0. The third kappa shape index (κ3) is 6.29. The molecule has 36 heavy (non-hydrogen) atoms. The van der Waals surface area contributed by atoms with Crippen molar-refractivity contribution in [1.82, 2.24) is 15.3 Å². The Morgan fingerprint density at radius 1 is 1.14 bits per heavy atom. The summed E-state index contributed by atoms with van der Waals surface area (Å²) in [6, 6.07) is 4.99. The fourth-order valence-corrected chi connectivity index (χ4v) is 4.06. The minimum absolute atomic E-state index is 0.180. The van der Waals surface area contributed by atoms with Gasteiger partial charge in [0.05, 0.1) is 43.1 Å². The molecule has 2 aliphatic rings. The molecule has 0 spiro atoms. The zero-order valence-electron chi connectivity index (χ0n) is 20.2. The van der Waals surface area contributed by atoms with Crippen LogP contribution >= 0.6 is 0 Å². The van der Waals surface area contributed by atoms with Crippen molar-refractivity contribution < 1.29 is 23.4 Å². The molecule has 1 amide bonds. The van der Waals surface area contributed by atoms with Crippen molar-refractivity contribution in [2.75, 3.05) is 74.3 Å². The van der Waals surface area contributed by atoms with Crippen LogP contribution in [0.4, 0.5) is 26.5 Å². The first kappa shape index (κ1) is 25.4. The van der Waals surface area contributed by atoms with E-state index in [1.54, 1.807) is 25.3 Å². The summed E-state index contributed by atoms with van der Waals surface area (Å²) in [6.45, 7) is 5.02. The van der Waals surface area contributed by atoms with Crippen LogP contribution in [0.2, 0.25) is 0 Å². The van der Waals surface area contributed by atoms with Gasteiger partial charge in [0.1, 0.15) is 6.61 Å². The van der Waals surface area contributed by atoms with Crippen LogP contribution in [0.5, 0.6) is 0 Å². The first-order chi connectivity index (χ1) is 17.4. The van der Waals surface area contributed by atoms with Crippen molar-refractivity contribution in [2.45, 2.75) is 12.7 Å². The number of nitrogens with one attached hydrogen (secondary N) is 2. The molecule has 12 nitrogen and oxygen atoms in total. The zero-order valence-corrected chi connectivity index (χ0v) is 20.2. The topological polar surface area (TPSA) is 142 Å². The van der Waals surface area contributed by atoms with Gasteiger partial charge in [-0.1, -0.05) is 12.1 Å². The summed E-state index contributed by atoms with van der Waals surface area (Å²) in [4.78, 5) is 26.8. The first-order valence-corrected chi connectivity index (χ1v) is 11.7. The first-order valence-electron chi connectivity index (χ1n) is 11.7. The van der Waals surface area contributed by atoms with Gasteiger partial charge in [-0.05, 0) is 6.07 Å². The molecule has 4 rings (SSSR count). The Morgan fingerprint density at radius 3 is 2.50 bits per heavy atom. The van der Waals surface area contributed by atoms with Gasteiger partial charge >= 0.3 is 6.09 Å². The monoisotopic (exact) mass is 502 g/mol. The Hall–Kier alpha value is -3.71. The van der Waals surface area contributed by atoms with Gasteiger partial charge in [-0.15, -0.1) is 0 Å². The lowest BCUT2D eigenvalue weighted by atomic mass is 10.1. The summed E-state index contributed by atoms with van der Waals surface area (Å²) in [7, 11) is 1.65. The summed E-state index contributed by atoms with van der Waals surface area (Å²) in [5.74, 6) is -0.292. The van der Waals surface area contributed by atoms with Crippen molar-refractivity contribution in [2.24, 2.45) is 5.73 Å². The molecule has 0 radical (unpaired) electrons. The molecule has 0 bridgehead atoms. The van der Waals surface area contributed by atoms with E-state index in [2.05, 4.69) is 19.8 Å². The number of hydrogen-bond acceptors (Lipinski definition) is 10. The lowest BCUT2D eigenvalue weighted by Crippen LogP contribution is -2.53. The zero-order chi connectivity index (χ0) is 25.5. The number of aromatic nitrogens is 2. The maximum atomic E-state index is 15.1. The highest BCUT2D eigenvalue weighted by molar-refractivity contribution is 5.90. The second-order valence-electron chi connectivity index (χ2n) is 8.47. The number of nitrogens with zero attached hydrogens (tertiary/aromatic N) is 5. The number of alkyl carbamates (subject to hydrolysis) is 1. The number of piperazine rings is 1. The number of nitrogens with two attached hydrogens (primary N) is 1. The third-order valence-electron chi connectivity index (χ3n) is 6.04. The van der Waals surface area contributed by atoms with Crippen LogP contribution < -0.4 is 25.8 Å². The highest BCUT2D eigenvalue weighted by Gasteiger charge is 2.29. The van der Waals surface area contributed by atoms with Crippen molar-refractivity contribution in [3.63, 3.8) is 0 Å². The van der Waals surface area contributed by atoms with Gasteiger partial charge in [0.15, 0.2) is 11.8 Å². The number of anilines is 3. The van der Waals surface area contributed by atoms with E-state index in [0.29, 0.717) is 51.0 Å². The minimum atomic E-state index is -0.904. The molecule has 0 atom stereocenters. The van der Waals surface area contributed by atoms with Gasteiger partial charge in [-0.25, -0.2) is 19.2 Å². The number of ether oxygens (including phenoxy) is 3. The van der Waals surface area contributed by atoms with Crippen LogP contribution in [0.3, 0.4) is 0 Å². The fourth-order valence-electron chi connectivity index (χ4n) is 4.06. The smallest absolute Gasteiger partial charge is 0.414 e. The molecule has 194 valence electrons. The third-order valence-corrected chi connectivity index (χ3v) is 6.04. The summed E-state index contributed by atoms with van der Waals surface area (Å²) in [6.07, 6.45) is 2.92. The molecule has 13 heteroatoms. The van der Waals surface area contributed by atoms with E-state index in [0.717, 1.165) is 18.8 Å². The van der Waals surface area contributed by atoms with E-state index in [1.807, 2.05) is 22.6 Å². The Morgan fingerprint density at radius 2 is 1.83 bits per heavy atom. The second-order valence-corrected chi connectivity index (χ2v) is 8.47. The van der Waals surface area contributed by atoms with Crippen molar-refractivity contribution in [1.29, 1.82) is 5.41 Å². The molecule has 2 saturated heterocycles. The van der Waals surface area contributed by atoms with Crippen molar-refractivity contribution in [3.8, 4) is 0 Å². The van der Waals surface area contributed by atoms with Crippen LogP contribution in [0.15, 0.2) is 30.6 Å². The molecule has 2 fully saturated rings. The van der Waals surface area contributed by atoms with E-state index >= 15 is 4.39 Å². The second kappa shape index (κ2) is 11.8. The van der Waals surface area contributed by atoms with Crippen molar-refractivity contribution >= 4 is 29.4 Å². The fraction of sp³-hybridized carbons (Fsp3) is 0.478. The number of carbonyl (C=O) groups is 1. The summed E-state index contributed by atoms with van der Waals surface area (Å²) in [5, 5.41) is 9.03. The number of amides is 1. The molecule has 2 aromatic rings. The van der Waals surface area contributed by atoms with Crippen LogP contribution in [0.1, 0.15) is 5.56 Å². The number of guanidine groups is 1. The van der Waals surface area contributed by atoms with Gasteiger partial charge in [0, 0.05) is 51.9 Å². The number of rotatable bonds is 9. The van der Waals surface area contributed by atoms with E-state index in [1.165, 1.54) is 0 Å². The van der Waals surface area contributed by atoms with Gasteiger partial charge in [0.25, 0.3) is 0 Å². The standard InChI is InChI=1S/C23H31FN8O4/c1-34-9-10-35-18-13-32(14-18)22-27-11-17(12-28-22)30-5-7-31(8-6-30)19-4-2-3-16(20(19)24)15-36-23(33)29-21(25)26/h2-4,11-12,18H,5-10,13-15H2,1H3,(H4,25,26,29,33). The molecule has 1 aromatic heterocycles. The quantitative estimate of drug-likeness (QED) is 0.257. The van der Waals surface area contributed by atoms with E-state index < -0.39 is 17.9 Å². The predicted molar refractivity (Wildman–Crippen MR) is 132 cm³/mol. The largest absolute Gasteiger partial charge is 0.444 e. The molecule has 3 heterocycles. The Kier molecular flexibility index (Phi) is 8.33. The molecule has 4 N–H and O–H groups in total. The van der Waals surface area contributed by atoms with E-state index in [-0.39, 0.29) is 18.3 Å². The Bertz CT molecular complexity index is 1040. The number of halogens is 1. The predicted octanol–water partition coefficient (Wildman–Crippen LogP) is 0.914. The Labute approximate surface area is 208 Å². The van der Waals surface area contributed by atoms with Gasteiger partial charge in [-0.3, -0.25) is 10.7 Å². The highest BCUT2D eigenvalue weighted by atomic mass is 19.1. The molecule has 2 aliphatic heterocycles. The van der Waals surface area contributed by atoms with E-state index in [4.69, 9.17) is 25.4 Å².